The Bertz CT molecular complexity index is 1990. The summed E-state index contributed by atoms with van der Waals surface area (Å²) in [6.45, 7) is 17.0. The second kappa shape index (κ2) is 31.1. The lowest BCUT2D eigenvalue weighted by molar-refractivity contribution is -0.154. The number of hydrogen-bond donors (Lipinski definition) is 3. The standard InChI is InChI=1S/C15H21NO4.C13H15NO3.C8H11NO.C7H13NO3.B.ClH/c1-5-19-14(10-15(17)20-6-2)16-12-8-7-9-13(18-4)11(12)3;1-4-17-12-7-10(15)9-5-6-11(16-3)8(2)13(9)14-12;1-6-7(9)4-3-5-8(6)10-2;1-3-10-6(8)5-7(9)11-4-2;;/h7-9H,5-6,10H2,1-4H3;5-7H,4H2,1-3H3,(H,14,15);3-5H,9H2,1-2H3;8H,3-5H2,1-2H3;;1H. The number of carbonyl (C=O) groups is 2. The third-order valence-corrected chi connectivity index (χ3v) is 7.84. The number of aliphatic imine (C=N–C) groups is 1. The zero-order valence-corrected chi connectivity index (χ0v) is 37.4. The Balaban J connectivity index is 0. The molecule has 17 heteroatoms. The Morgan fingerprint density at radius 3 is 1.72 bits per heavy atom. The van der Waals surface area contributed by atoms with Crippen molar-refractivity contribution in [3.8, 4) is 23.1 Å². The van der Waals surface area contributed by atoms with Gasteiger partial charge in [-0.2, -0.15) is 0 Å². The lowest BCUT2D eigenvalue weighted by Gasteiger charge is -2.10. The molecule has 0 amide bonds. The van der Waals surface area contributed by atoms with E-state index >= 15 is 0 Å². The van der Waals surface area contributed by atoms with Crippen LogP contribution in [0.4, 0.5) is 11.4 Å². The Morgan fingerprint density at radius 1 is 0.683 bits per heavy atom. The number of halogens is 1. The smallest absolute Gasteiger partial charge is 0.344 e. The van der Waals surface area contributed by atoms with Gasteiger partial charge in [-0.15, -0.1) is 0 Å². The minimum absolute atomic E-state index is 0. The van der Waals surface area contributed by atoms with Crippen LogP contribution >= 0.6 is 0 Å². The SMILES string of the molecule is CCOC(=O)CC(=Nc1cccc(OC)c1C)OCC.CCOC(=[NH2+])CC(=O)OCC.CCOc1cc(=O)c2ccc(OC)c(C)c2[nH]1.COc1cccc(N)c1C.[B].[Cl-]. The summed E-state index contributed by atoms with van der Waals surface area (Å²) in [7, 11) is 4.86. The molecule has 4 aromatic rings. The molecule has 0 unspecified atom stereocenters. The highest BCUT2D eigenvalue weighted by atomic mass is 35.5. The van der Waals surface area contributed by atoms with Crippen LogP contribution in [0.3, 0.4) is 0 Å². The summed E-state index contributed by atoms with van der Waals surface area (Å²) in [5, 5.41) is 5.95. The quantitative estimate of drug-likeness (QED) is 0.0551. The van der Waals surface area contributed by atoms with E-state index in [0.29, 0.717) is 50.2 Å². The summed E-state index contributed by atoms with van der Waals surface area (Å²) in [5.41, 5.74) is 10.6. The highest BCUT2D eigenvalue weighted by molar-refractivity contribution is 5.95. The van der Waals surface area contributed by atoms with Crippen LogP contribution in [-0.2, 0) is 28.5 Å². The zero-order chi connectivity index (χ0) is 43.6. The highest BCUT2D eigenvalue weighted by Crippen LogP contribution is 2.28. The first-order valence-corrected chi connectivity index (χ1v) is 18.9. The lowest BCUT2D eigenvalue weighted by atomic mass is 10.1. The summed E-state index contributed by atoms with van der Waals surface area (Å²) in [6, 6.07) is 16.2. The molecular formula is C43H61BClN4O11. The molecule has 0 bridgehead atoms. The van der Waals surface area contributed by atoms with Crippen molar-refractivity contribution in [2.75, 3.05) is 60.1 Å². The Morgan fingerprint density at radius 2 is 1.20 bits per heavy atom. The van der Waals surface area contributed by atoms with Crippen molar-refractivity contribution >= 4 is 54.4 Å². The molecule has 0 saturated carbocycles. The molecular weight excluding hydrogens is 795 g/mol. The number of benzene rings is 3. The summed E-state index contributed by atoms with van der Waals surface area (Å²) < 4.78 is 40.6. The van der Waals surface area contributed by atoms with Crippen molar-refractivity contribution in [3.63, 3.8) is 0 Å². The van der Waals surface area contributed by atoms with Crippen LogP contribution in [-0.4, -0.2) is 91.5 Å². The van der Waals surface area contributed by atoms with E-state index in [1.54, 1.807) is 54.2 Å². The fourth-order valence-corrected chi connectivity index (χ4v) is 5.02. The fraction of sp³-hybridized carbons (Fsp3) is 0.419. The van der Waals surface area contributed by atoms with E-state index in [1.807, 2.05) is 71.0 Å². The molecule has 0 aliphatic heterocycles. The number of pyridine rings is 1. The van der Waals surface area contributed by atoms with Gasteiger partial charge in [0.1, 0.15) is 23.7 Å². The van der Waals surface area contributed by atoms with Crippen molar-refractivity contribution in [1.29, 1.82) is 0 Å². The molecule has 4 rings (SSSR count). The first-order valence-electron chi connectivity index (χ1n) is 18.9. The number of aromatic nitrogens is 1. The summed E-state index contributed by atoms with van der Waals surface area (Å²) in [5.74, 6) is 2.70. The normalized spacial score (nSPS) is 9.88. The fourth-order valence-electron chi connectivity index (χ4n) is 5.02. The van der Waals surface area contributed by atoms with E-state index in [4.69, 9.17) is 44.3 Å². The number of aromatic amines is 1. The van der Waals surface area contributed by atoms with E-state index in [2.05, 4.69) is 14.7 Å². The maximum atomic E-state index is 11.9. The van der Waals surface area contributed by atoms with Crippen LogP contribution in [0.1, 0.15) is 64.2 Å². The van der Waals surface area contributed by atoms with Crippen LogP contribution in [0.5, 0.6) is 23.1 Å². The van der Waals surface area contributed by atoms with Crippen molar-refractivity contribution < 1.29 is 65.3 Å². The van der Waals surface area contributed by atoms with Gasteiger partial charge in [0.25, 0.3) is 0 Å². The van der Waals surface area contributed by atoms with Gasteiger partial charge in [0.2, 0.25) is 0 Å². The minimum Gasteiger partial charge on any atom is -1.00 e. The lowest BCUT2D eigenvalue weighted by Crippen LogP contribution is -3.00. The number of nitrogens with one attached hydrogen (secondary N) is 1. The Labute approximate surface area is 361 Å². The van der Waals surface area contributed by atoms with Crippen LogP contribution in [0.25, 0.3) is 10.9 Å². The minimum atomic E-state index is -0.349. The number of ether oxygens (including phenoxy) is 8. The molecule has 0 aliphatic rings. The molecule has 0 atom stereocenters. The molecule has 0 aliphatic carbocycles. The first-order chi connectivity index (χ1) is 27.7. The first kappa shape index (κ1) is 56.2. The summed E-state index contributed by atoms with van der Waals surface area (Å²) >= 11 is 0. The summed E-state index contributed by atoms with van der Waals surface area (Å²) in [6.07, 6.45) is 0.0695. The third-order valence-electron chi connectivity index (χ3n) is 7.84. The molecule has 3 radical (unpaired) electrons. The second-order valence-electron chi connectivity index (χ2n) is 11.8. The van der Waals surface area contributed by atoms with Crippen molar-refractivity contribution in [1.82, 2.24) is 4.98 Å². The zero-order valence-electron chi connectivity index (χ0n) is 36.7. The van der Waals surface area contributed by atoms with Crippen LogP contribution < -0.4 is 47.9 Å². The number of carbonyl (C=O) groups excluding carboxylic acids is 2. The van der Waals surface area contributed by atoms with Gasteiger partial charge in [0.15, 0.2) is 23.6 Å². The number of fused-ring (bicyclic) bond motifs is 1. The van der Waals surface area contributed by atoms with E-state index in [9.17, 15) is 14.4 Å². The molecule has 0 fully saturated rings. The number of esters is 2. The highest BCUT2D eigenvalue weighted by Gasteiger charge is 2.13. The predicted molar refractivity (Wildman–Crippen MR) is 232 cm³/mol. The average Bonchev–Trinajstić information content (AvgIpc) is 3.18. The average molecular weight is 856 g/mol. The predicted octanol–water partition coefficient (Wildman–Crippen LogP) is 2.61. The number of hydrogen-bond acceptors (Lipinski definition) is 13. The molecule has 0 spiro atoms. The largest absolute Gasteiger partial charge is 1.00 e. The molecule has 15 nitrogen and oxygen atoms in total. The van der Waals surface area contributed by atoms with Crippen molar-refractivity contribution in [2.24, 2.45) is 4.99 Å². The van der Waals surface area contributed by atoms with E-state index in [1.165, 1.54) is 6.07 Å². The second-order valence-corrected chi connectivity index (χ2v) is 11.8. The number of rotatable bonds is 14. The molecule has 0 saturated heterocycles. The number of nitrogen functional groups attached to an aromatic ring is 1. The van der Waals surface area contributed by atoms with Gasteiger partial charge in [0.05, 0.1) is 65.6 Å². The number of nitrogens with two attached hydrogens (primary N) is 2. The maximum Gasteiger partial charge on any atom is 0.344 e. The van der Waals surface area contributed by atoms with Gasteiger partial charge in [-0.05, 0) is 91.8 Å². The van der Waals surface area contributed by atoms with Gasteiger partial charge in [-0.25, -0.2) is 10.4 Å². The number of aryl methyl sites for hydroxylation is 1. The molecule has 329 valence electrons. The van der Waals surface area contributed by atoms with Crippen molar-refractivity contribution in [2.45, 2.75) is 68.2 Å². The van der Waals surface area contributed by atoms with Crippen LogP contribution in [0.15, 0.2) is 64.4 Å². The van der Waals surface area contributed by atoms with Gasteiger partial charge in [-0.1, -0.05) is 12.1 Å². The molecule has 1 heterocycles. The molecule has 5 N–H and O–H groups in total. The molecule has 60 heavy (non-hydrogen) atoms. The van der Waals surface area contributed by atoms with E-state index in [0.717, 1.165) is 50.8 Å². The maximum absolute atomic E-state index is 11.9. The number of anilines is 1. The van der Waals surface area contributed by atoms with Gasteiger partial charge in [0, 0.05) is 42.2 Å². The van der Waals surface area contributed by atoms with Crippen LogP contribution in [0.2, 0.25) is 0 Å². The number of methoxy groups -OCH3 is 3. The van der Waals surface area contributed by atoms with Gasteiger partial charge >= 0.3 is 17.8 Å². The summed E-state index contributed by atoms with van der Waals surface area (Å²) in [4.78, 5) is 41.6. The number of nitrogens with zero attached hydrogens (tertiary/aromatic N) is 1. The number of H-pyrrole nitrogens is 1. The van der Waals surface area contributed by atoms with Crippen molar-refractivity contribution in [3.05, 3.63) is 81.5 Å². The topological polar surface area (TPSA) is 205 Å². The molecule has 1 aromatic heterocycles. The van der Waals surface area contributed by atoms with Gasteiger partial charge in [-0.3, -0.25) is 14.4 Å². The Hall–Kier alpha value is -5.90. The van der Waals surface area contributed by atoms with Gasteiger partial charge < -0.3 is 61.0 Å². The Kier molecular flexibility index (Phi) is 29.1. The van der Waals surface area contributed by atoms with E-state index < -0.39 is 0 Å². The van der Waals surface area contributed by atoms with E-state index in [-0.39, 0.29) is 56.9 Å². The third kappa shape index (κ3) is 19.2. The monoisotopic (exact) mass is 855 g/mol. The van der Waals surface area contributed by atoms with Crippen LogP contribution in [0, 0.1) is 20.8 Å². The molecule has 3 aromatic carbocycles.